The highest BCUT2D eigenvalue weighted by molar-refractivity contribution is 9.10. The number of amides is 2. The average molecular weight is 365 g/mol. The molecule has 0 radical (unpaired) electrons. The molecule has 2 amide bonds. The Morgan fingerprint density at radius 3 is 2.73 bits per heavy atom. The SMILES string of the molecule is Cc1nn(C)c(C)c1CCN(C)C(=O)Nc1cccc(Br)c1. The second kappa shape index (κ2) is 6.96. The number of carbonyl (C=O) groups excluding carboxylic acids is 1. The molecule has 2 rings (SSSR count). The molecule has 1 N–H and O–H groups in total. The quantitative estimate of drug-likeness (QED) is 0.902. The fourth-order valence-corrected chi connectivity index (χ4v) is 2.74. The molecule has 0 aliphatic rings. The first kappa shape index (κ1) is 16.5. The summed E-state index contributed by atoms with van der Waals surface area (Å²) in [5.74, 6) is 0. The summed E-state index contributed by atoms with van der Waals surface area (Å²) in [5.41, 5.74) is 4.17. The Bertz CT molecular complexity index is 681. The monoisotopic (exact) mass is 364 g/mol. The van der Waals surface area contributed by atoms with Crippen LogP contribution in [0.15, 0.2) is 28.7 Å². The molecule has 0 bridgehead atoms. The molecule has 1 aromatic carbocycles. The lowest BCUT2D eigenvalue weighted by Crippen LogP contribution is -2.33. The van der Waals surface area contributed by atoms with Crippen LogP contribution in [-0.2, 0) is 13.5 Å². The molecule has 5 nitrogen and oxygen atoms in total. The van der Waals surface area contributed by atoms with Gasteiger partial charge in [-0.3, -0.25) is 4.68 Å². The summed E-state index contributed by atoms with van der Waals surface area (Å²) >= 11 is 3.39. The lowest BCUT2D eigenvalue weighted by atomic mass is 10.1. The molecule has 1 heterocycles. The summed E-state index contributed by atoms with van der Waals surface area (Å²) in [5, 5.41) is 7.29. The van der Waals surface area contributed by atoms with Crippen molar-refractivity contribution in [1.29, 1.82) is 0 Å². The van der Waals surface area contributed by atoms with Gasteiger partial charge in [0.05, 0.1) is 5.69 Å². The van der Waals surface area contributed by atoms with Crippen LogP contribution in [-0.4, -0.2) is 34.3 Å². The third-order valence-corrected chi connectivity index (χ3v) is 4.27. The maximum Gasteiger partial charge on any atom is 0.321 e. The first-order chi connectivity index (χ1) is 10.4. The predicted octanol–water partition coefficient (Wildman–Crippen LogP) is 3.51. The zero-order valence-electron chi connectivity index (χ0n) is 13.4. The van der Waals surface area contributed by atoms with Gasteiger partial charge in [-0.15, -0.1) is 0 Å². The van der Waals surface area contributed by atoms with Crippen molar-refractivity contribution in [3.05, 3.63) is 45.7 Å². The Labute approximate surface area is 139 Å². The average Bonchev–Trinajstić information content (AvgIpc) is 2.70. The van der Waals surface area contributed by atoms with Gasteiger partial charge in [-0.1, -0.05) is 22.0 Å². The number of nitrogens with one attached hydrogen (secondary N) is 1. The Morgan fingerprint density at radius 1 is 1.41 bits per heavy atom. The zero-order chi connectivity index (χ0) is 16.3. The van der Waals surface area contributed by atoms with Crippen LogP contribution < -0.4 is 5.32 Å². The number of rotatable bonds is 4. The van der Waals surface area contributed by atoms with Crippen LogP contribution in [0, 0.1) is 13.8 Å². The Balaban J connectivity index is 1.94. The van der Waals surface area contributed by atoms with Gasteiger partial charge in [-0.25, -0.2) is 4.79 Å². The van der Waals surface area contributed by atoms with E-state index >= 15 is 0 Å². The molecule has 0 saturated carbocycles. The Morgan fingerprint density at radius 2 is 2.14 bits per heavy atom. The van der Waals surface area contributed by atoms with Gasteiger partial charge in [-0.2, -0.15) is 5.10 Å². The van der Waals surface area contributed by atoms with Gasteiger partial charge in [0.1, 0.15) is 0 Å². The molecule has 0 atom stereocenters. The first-order valence-electron chi connectivity index (χ1n) is 7.15. The summed E-state index contributed by atoms with van der Waals surface area (Å²) in [6.45, 7) is 4.70. The van der Waals surface area contributed by atoms with E-state index in [2.05, 4.69) is 33.3 Å². The number of carbonyl (C=O) groups is 1. The van der Waals surface area contributed by atoms with Crippen LogP contribution in [0.3, 0.4) is 0 Å². The number of hydrogen-bond acceptors (Lipinski definition) is 2. The third-order valence-electron chi connectivity index (χ3n) is 3.78. The van der Waals surface area contributed by atoms with Gasteiger partial charge in [0.15, 0.2) is 0 Å². The van der Waals surface area contributed by atoms with Crippen molar-refractivity contribution >= 4 is 27.6 Å². The molecular weight excluding hydrogens is 344 g/mol. The smallest absolute Gasteiger partial charge is 0.321 e. The van der Waals surface area contributed by atoms with E-state index in [1.807, 2.05) is 42.9 Å². The van der Waals surface area contributed by atoms with Crippen LogP contribution in [0.25, 0.3) is 0 Å². The minimum atomic E-state index is -0.114. The van der Waals surface area contributed by atoms with Crippen LogP contribution in [0.2, 0.25) is 0 Å². The molecule has 0 unspecified atom stereocenters. The van der Waals surface area contributed by atoms with Gasteiger partial charge in [0.25, 0.3) is 0 Å². The molecule has 0 fully saturated rings. The number of nitrogens with zero attached hydrogens (tertiary/aromatic N) is 3. The van der Waals surface area contributed by atoms with E-state index in [0.29, 0.717) is 6.54 Å². The number of halogens is 1. The predicted molar refractivity (Wildman–Crippen MR) is 92.2 cm³/mol. The highest BCUT2D eigenvalue weighted by Crippen LogP contribution is 2.16. The van der Waals surface area contributed by atoms with Crippen LogP contribution in [0.1, 0.15) is 17.0 Å². The zero-order valence-corrected chi connectivity index (χ0v) is 14.9. The normalized spacial score (nSPS) is 10.6. The van der Waals surface area contributed by atoms with E-state index in [-0.39, 0.29) is 6.03 Å². The van der Waals surface area contributed by atoms with E-state index < -0.39 is 0 Å². The van der Waals surface area contributed by atoms with Crippen molar-refractivity contribution in [1.82, 2.24) is 14.7 Å². The second-order valence-electron chi connectivity index (χ2n) is 5.39. The van der Waals surface area contributed by atoms with Gasteiger partial charge in [0, 0.05) is 36.5 Å². The molecule has 6 heteroatoms. The van der Waals surface area contributed by atoms with Crippen LogP contribution >= 0.6 is 15.9 Å². The highest BCUT2D eigenvalue weighted by Gasteiger charge is 2.13. The largest absolute Gasteiger partial charge is 0.327 e. The fraction of sp³-hybridized carbons (Fsp3) is 0.375. The van der Waals surface area contributed by atoms with E-state index in [1.54, 1.807) is 11.9 Å². The van der Waals surface area contributed by atoms with Crippen molar-refractivity contribution in [2.24, 2.45) is 7.05 Å². The fourth-order valence-electron chi connectivity index (χ4n) is 2.35. The van der Waals surface area contributed by atoms with Crippen LogP contribution in [0.5, 0.6) is 0 Å². The molecule has 1 aromatic heterocycles. The molecule has 2 aromatic rings. The molecule has 0 aliphatic carbocycles. The topological polar surface area (TPSA) is 50.2 Å². The molecule has 118 valence electrons. The highest BCUT2D eigenvalue weighted by atomic mass is 79.9. The van der Waals surface area contributed by atoms with Crippen molar-refractivity contribution in [3.8, 4) is 0 Å². The van der Waals surface area contributed by atoms with Crippen molar-refractivity contribution in [2.75, 3.05) is 18.9 Å². The summed E-state index contributed by atoms with van der Waals surface area (Å²) in [6, 6.07) is 7.44. The van der Waals surface area contributed by atoms with Crippen molar-refractivity contribution in [2.45, 2.75) is 20.3 Å². The summed E-state index contributed by atoms with van der Waals surface area (Å²) in [4.78, 5) is 13.9. The molecule has 0 aliphatic heterocycles. The number of likely N-dealkylation sites (N-methyl/N-ethyl adjacent to an activating group) is 1. The lowest BCUT2D eigenvalue weighted by molar-refractivity contribution is 0.223. The van der Waals surface area contributed by atoms with Crippen LogP contribution in [0.4, 0.5) is 10.5 Å². The molecule has 0 spiro atoms. The Hall–Kier alpha value is -1.82. The van der Waals surface area contributed by atoms with Gasteiger partial charge in [-0.05, 0) is 44.0 Å². The number of aromatic nitrogens is 2. The standard InChI is InChI=1S/C16H21BrN4O/c1-11-15(12(2)21(4)19-11)8-9-20(3)16(22)18-14-7-5-6-13(17)10-14/h5-7,10H,8-9H2,1-4H3,(H,18,22). The first-order valence-corrected chi connectivity index (χ1v) is 7.94. The van der Waals surface area contributed by atoms with Gasteiger partial charge >= 0.3 is 6.03 Å². The number of aryl methyl sites for hydroxylation is 2. The summed E-state index contributed by atoms with van der Waals surface area (Å²) in [6.07, 6.45) is 0.800. The number of benzene rings is 1. The minimum Gasteiger partial charge on any atom is -0.327 e. The van der Waals surface area contributed by atoms with Gasteiger partial charge in [0.2, 0.25) is 0 Å². The summed E-state index contributed by atoms with van der Waals surface area (Å²) < 4.78 is 2.82. The maximum atomic E-state index is 12.2. The van der Waals surface area contributed by atoms with Crippen molar-refractivity contribution < 1.29 is 4.79 Å². The molecule has 22 heavy (non-hydrogen) atoms. The number of anilines is 1. The number of urea groups is 1. The molecule has 0 saturated heterocycles. The summed E-state index contributed by atoms with van der Waals surface area (Å²) in [7, 11) is 3.74. The van der Waals surface area contributed by atoms with E-state index in [0.717, 1.165) is 28.0 Å². The maximum absolute atomic E-state index is 12.2. The Kier molecular flexibility index (Phi) is 5.24. The van der Waals surface area contributed by atoms with E-state index in [1.165, 1.54) is 5.56 Å². The van der Waals surface area contributed by atoms with E-state index in [4.69, 9.17) is 0 Å². The number of hydrogen-bond donors (Lipinski definition) is 1. The van der Waals surface area contributed by atoms with Gasteiger partial charge < -0.3 is 10.2 Å². The second-order valence-corrected chi connectivity index (χ2v) is 6.30. The third kappa shape index (κ3) is 3.88. The van der Waals surface area contributed by atoms with E-state index in [9.17, 15) is 4.79 Å². The lowest BCUT2D eigenvalue weighted by Gasteiger charge is -2.18. The molecular formula is C16H21BrN4O. The minimum absolute atomic E-state index is 0.114. The van der Waals surface area contributed by atoms with Crippen molar-refractivity contribution in [3.63, 3.8) is 0 Å².